The quantitative estimate of drug-likeness (QED) is 0.501. The summed E-state index contributed by atoms with van der Waals surface area (Å²) in [4.78, 5) is 0. The molecule has 0 aromatic rings. The molecule has 0 aromatic carbocycles. The van der Waals surface area contributed by atoms with Crippen molar-refractivity contribution in [2.45, 2.75) is 0 Å². The van der Waals surface area contributed by atoms with E-state index >= 15 is 0 Å². The van der Waals surface area contributed by atoms with Crippen molar-refractivity contribution in [2.24, 2.45) is 0 Å². The Morgan fingerprint density at radius 1 is 1.25 bits per heavy atom. The molecule has 0 bridgehead atoms. The van der Waals surface area contributed by atoms with Crippen molar-refractivity contribution in [3.05, 3.63) is 0 Å². The first-order chi connectivity index (χ1) is 1.00. The van der Waals surface area contributed by atoms with Gasteiger partial charge < -0.3 is 5.48 Å². The van der Waals surface area contributed by atoms with Gasteiger partial charge >= 0.3 is 25.6 Å². The van der Waals surface area contributed by atoms with E-state index in [0.29, 0.717) is 22.5 Å². The van der Waals surface area contributed by atoms with E-state index in [1.54, 1.807) is 0 Å². The maximum absolute atomic E-state index is 8.34. The van der Waals surface area contributed by atoms with E-state index in [1.807, 2.05) is 0 Å². The zero-order valence-electron chi connectivity index (χ0n) is 2.12. The average Bonchev–Trinajstić information content (AvgIpc) is 1.00. The second-order valence-electron chi connectivity index (χ2n) is 0. The molecule has 2 nitrogen and oxygen atoms in total. The van der Waals surface area contributed by atoms with Crippen LogP contribution in [0.4, 0.5) is 0 Å². The second-order valence-corrected chi connectivity index (χ2v) is 0. The Morgan fingerprint density at radius 3 is 1.25 bits per heavy atom. The summed E-state index contributed by atoms with van der Waals surface area (Å²) in [5.41, 5.74) is 0. The van der Waals surface area contributed by atoms with Crippen molar-refractivity contribution in [2.75, 3.05) is 0 Å². The number of rotatable bonds is 0. The third-order valence-corrected chi connectivity index (χ3v) is 0. The van der Waals surface area contributed by atoms with Gasteiger partial charge in [0.1, 0.15) is 0 Å². The molecule has 0 heterocycles. The normalized spacial score (nSPS) is 1.00. The fourth-order valence-electron chi connectivity index (χ4n) is 0. The Hall–Kier alpha value is 1.48. The van der Waals surface area contributed by atoms with Crippen LogP contribution in [0.3, 0.4) is 0 Å². The molecule has 0 unspecified atom stereocenters. The van der Waals surface area contributed by atoms with Crippen LogP contribution in [-0.4, -0.2) is 28.0 Å². The van der Waals surface area contributed by atoms with Crippen molar-refractivity contribution in [1.29, 1.82) is 0 Å². The molecule has 0 aliphatic heterocycles. The zero-order chi connectivity index (χ0) is 2.00. The van der Waals surface area contributed by atoms with Gasteiger partial charge in [0.25, 0.3) is 0 Å². The van der Waals surface area contributed by atoms with Gasteiger partial charge in [0.05, 0.1) is 0 Å². The minimum absolute atomic E-state index is 0. The molecular weight excluding hydrogens is 263 g/mol. The Balaban J connectivity index is -0.00000000500. The van der Waals surface area contributed by atoms with Crippen molar-refractivity contribution in [3.8, 4) is 0 Å². The molecule has 0 spiro atoms. The third-order valence-electron chi connectivity index (χ3n) is 0. The van der Waals surface area contributed by atoms with Crippen LogP contribution >= 0.6 is 0 Å². The molecule has 0 saturated heterocycles. The van der Waals surface area contributed by atoms with Gasteiger partial charge in [-0.1, -0.05) is 0 Å². The van der Waals surface area contributed by atoms with Crippen LogP contribution in [0, 0.1) is 0 Å². The average molecular weight is 265 g/mol. The summed E-state index contributed by atoms with van der Waals surface area (Å²) in [7, 11) is 0. The molecule has 0 aliphatic rings. The summed E-state index contributed by atoms with van der Waals surface area (Å²) < 4.78 is 8.34. The van der Waals surface area contributed by atoms with E-state index in [-0.39, 0.29) is 32.8 Å². The van der Waals surface area contributed by atoms with E-state index < -0.39 is 0 Å². The molecule has 2 radical (unpaired) electrons. The van der Waals surface area contributed by atoms with Gasteiger partial charge in [-0.3, -0.25) is 0 Å². The molecule has 4 heavy (non-hydrogen) atoms. The number of hydrogen-bond donors (Lipinski definition) is 0. The minimum atomic E-state index is 0. The van der Waals surface area contributed by atoms with Gasteiger partial charge in [-0.2, -0.15) is 0 Å². The molecule has 0 rings (SSSR count). The fraction of sp³-hybridized carbons (Fsp3) is 0. The molecule has 0 aliphatic carbocycles. The Morgan fingerprint density at radius 2 is 1.25 bits per heavy atom. The summed E-state index contributed by atoms with van der Waals surface area (Å²) >= 11 is 0.300. The third kappa shape index (κ3) is 9.77. The molecule has 4 heteroatoms. The Kier molecular flexibility index (Phi) is 111. The van der Waals surface area contributed by atoms with Crippen LogP contribution in [0.15, 0.2) is 0 Å². The van der Waals surface area contributed by atoms with Crippen molar-refractivity contribution < 1.29 is 35.9 Å². The van der Waals surface area contributed by atoms with E-state index in [4.69, 9.17) is 3.08 Å². The summed E-state index contributed by atoms with van der Waals surface area (Å²) in [6, 6.07) is 0. The van der Waals surface area contributed by atoms with Gasteiger partial charge in [0, 0.05) is 27.3 Å². The van der Waals surface area contributed by atoms with E-state index in [0.717, 1.165) is 0 Å². The van der Waals surface area contributed by atoms with Gasteiger partial charge in [-0.25, -0.2) is 0 Å². The van der Waals surface area contributed by atoms with Crippen molar-refractivity contribution >= 4 is 22.5 Å². The van der Waals surface area contributed by atoms with Gasteiger partial charge in [-0.05, 0) is 0 Å². The molecule has 0 amide bonds. The van der Waals surface area contributed by atoms with E-state index in [1.165, 1.54) is 0 Å². The number of hydrogen-bond acceptors (Lipinski definition) is 1. The SMILES string of the molecule is O.[Cd].[O]=[Sn]. The second kappa shape index (κ2) is 24.8. The topological polar surface area (TPSA) is 48.6 Å². The Bertz CT molecular complexity index is 6.00. The molecule has 2 N–H and O–H groups in total. The monoisotopic (exact) mass is 268 g/mol. The van der Waals surface area contributed by atoms with Crippen molar-refractivity contribution in [3.63, 3.8) is 0 Å². The van der Waals surface area contributed by atoms with Crippen LogP contribution in [0.25, 0.3) is 0 Å². The molecule has 0 fully saturated rings. The molecule has 0 atom stereocenters. The van der Waals surface area contributed by atoms with Gasteiger partial charge in [-0.15, -0.1) is 0 Å². The molecule has 0 saturated carbocycles. The van der Waals surface area contributed by atoms with E-state index in [2.05, 4.69) is 0 Å². The first-order valence-corrected chi connectivity index (χ1v) is 1.37. The molecular formula is H2CdO2Sn. The fourth-order valence-corrected chi connectivity index (χ4v) is 0. The van der Waals surface area contributed by atoms with Crippen LogP contribution in [-0.2, 0) is 30.4 Å². The maximum atomic E-state index is 8.34. The summed E-state index contributed by atoms with van der Waals surface area (Å²) in [5.74, 6) is 0. The first-order valence-electron chi connectivity index (χ1n) is 0.204. The predicted octanol–water partition coefficient (Wildman–Crippen LogP) is -1.33. The summed E-state index contributed by atoms with van der Waals surface area (Å²) in [6.45, 7) is 0. The Labute approximate surface area is 57.9 Å². The van der Waals surface area contributed by atoms with Crippen LogP contribution in [0.5, 0.6) is 0 Å². The van der Waals surface area contributed by atoms with Crippen molar-refractivity contribution in [1.82, 2.24) is 0 Å². The molecule has 0 aromatic heterocycles. The van der Waals surface area contributed by atoms with Gasteiger partial charge in [0.15, 0.2) is 0 Å². The standard InChI is InChI=1S/Cd.H2O.O.Sn/h;1H2;;. The summed E-state index contributed by atoms with van der Waals surface area (Å²) in [6.07, 6.45) is 0. The predicted molar refractivity (Wildman–Crippen MR) is 10.1 cm³/mol. The van der Waals surface area contributed by atoms with Crippen LogP contribution in [0.2, 0.25) is 0 Å². The first kappa shape index (κ1) is 17.9. The van der Waals surface area contributed by atoms with Crippen LogP contribution in [0.1, 0.15) is 0 Å². The van der Waals surface area contributed by atoms with Crippen LogP contribution < -0.4 is 0 Å². The van der Waals surface area contributed by atoms with E-state index in [9.17, 15) is 0 Å². The van der Waals surface area contributed by atoms with Gasteiger partial charge in [0.2, 0.25) is 0 Å². The molecule has 20 valence electrons. The summed E-state index contributed by atoms with van der Waals surface area (Å²) in [5, 5.41) is 0. The zero-order valence-corrected chi connectivity index (χ0v) is 9.01.